The molecule has 0 aliphatic rings. The number of hydrogen-bond acceptors (Lipinski definition) is 3. The maximum absolute atomic E-state index is 13.2. The maximum Gasteiger partial charge on any atom is 0.365 e. The van der Waals surface area contributed by atoms with Crippen LogP contribution in [0.4, 0.5) is 0 Å². The Hall–Kier alpha value is -2.33. The van der Waals surface area contributed by atoms with E-state index in [1.54, 1.807) is 0 Å². The van der Waals surface area contributed by atoms with Gasteiger partial charge in [0.15, 0.2) is 6.04 Å². The number of hydrogen-bond donors (Lipinski definition) is 0. The number of aryl methyl sites for hydroxylation is 1. The second-order valence-corrected chi connectivity index (χ2v) is 10.7. The van der Waals surface area contributed by atoms with E-state index in [1.807, 2.05) is 18.2 Å². The van der Waals surface area contributed by atoms with Crippen molar-refractivity contribution in [2.24, 2.45) is 0 Å². The van der Waals surface area contributed by atoms with Crippen molar-refractivity contribution < 1.29 is 18.8 Å². The smallest absolute Gasteiger partial charge is 0.365 e. The Morgan fingerprint density at radius 3 is 2.11 bits per heavy atom. The van der Waals surface area contributed by atoms with Crippen molar-refractivity contribution in [3.05, 3.63) is 65.7 Å². The van der Waals surface area contributed by atoms with Crippen LogP contribution in [-0.2, 0) is 22.5 Å². The van der Waals surface area contributed by atoms with Gasteiger partial charge in [-0.3, -0.25) is 0 Å². The fraction of sp³-hybridized carbons (Fsp3) is 0.594. The molecule has 200 valence electrons. The molecule has 2 rings (SSSR count). The Kier molecular flexibility index (Phi) is 13.6. The summed E-state index contributed by atoms with van der Waals surface area (Å²) in [6.07, 6.45) is 11.4. The molecule has 4 heteroatoms. The quantitative estimate of drug-likeness (QED) is 0.120. The molecule has 0 fully saturated rings. The van der Waals surface area contributed by atoms with Crippen LogP contribution in [0, 0.1) is 0 Å². The summed E-state index contributed by atoms with van der Waals surface area (Å²) in [6, 6.07) is 18.6. The number of esters is 1. The number of ether oxygens (including phenoxy) is 2. The lowest BCUT2D eigenvalue weighted by atomic mass is 10.0. The first kappa shape index (κ1) is 29.9. The standard InChI is InChI=1S/C32H50NO3/c1-6-9-10-11-12-14-18-27-21-23-30(24-22-27)36-29(8-3)26-35-32(34)31(17-7-2)33(4,5)25-28-19-15-13-16-20-28/h13,15-16,19-24,29,31H,6-12,14,17-18,25-26H2,1-5H3/q+1. The van der Waals surface area contributed by atoms with Crippen LogP contribution in [0.25, 0.3) is 0 Å². The van der Waals surface area contributed by atoms with E-state index in [0.717, 1.165) is 38.0 Å². The van der Waals surface area contributed by atoms with E-state index in [-0.39, 0.29) is 24.7 Å². The predicted octanol–water partition coefficient (Wildman–Crippen LogP) is 7.74. The van der Waals surface area contributed by atoms with E-state index >= 15 is 0 Å². The molecule has 0 spiro atoms. The molecule has 0 aromatic heterocycles. The van der Waals surface area contributed by atoms with Gasteiger partial charge in [0, 0.05) is 12.0 Å². The zero-order valence-electron chi connectivity index (χ0n) is 23.5. The van der Waals surface area contributed by atoms with Crippen molar-refractivity contribution in [1.29, 1.82) is 0 Å². The molecule has 0 heterocycles. The number of quaternary nitrogens is 1. The normalized spacial score (nSPS) is 13.2. The Morgan fingerprint density at radius 2 is 1.47 bits per heavy atom. The van der Waals surface area contributed by atoms with Gasteiger partial charge in [-0.1, -0.05) is 95.3 Å². The second-order valence-electron chi connectivity index (χ2n) is 10.7. The van der Waals surface area contributed by atoms with Crippen LogP contribution in [0.5, 0.6) is 5.75 Å². The van der Waals surface area contributed by atoms with Gasteiger partial charge in [-0.15, -0.1) is 0 Å². The summed E-state index contributed by atoms with van der Waals surface area (Å²) < 4.78 is 12.6. The van der Waals surface area contributed by atoms with Gasteiger partial charge >= 0.3 is 5.97 Å². The van der Waals surface area contributed by atoms with Crippen molar-refractivity contribution in [2.45, 2.75) is 104 Å². The Morgan fingerprint density at radius 1 is 0.806 bits per heavy atom. The summed E-state index contributed by atoms with van der Waals surface area (Å²) in [5.41, 5.74) is 2.59. The summed E-state index contributed by atoms with van der Waals surface area (Å²) in [5.74, 6) is 0.712. The summed E-state index contributed by atoms with van der Waals surface area (Å²) >= 11 is 0. The van der Waals surface area contributed by atoms with Gasteiger partial charge in [-0.05, 0) is 43.4 Å². The molecule has 0 aliphatic carbocycles. The topological polar surface area (TPSA) is 35.5 Å². The first-order valence-electron chi connectivity index (χ1n) is 14.2. The molecule has 36 heavy (non-hydrogen) atoms. The van der Waals surface area contributed by atoms with Crippen LogP contribution in [0.3, 0.4) is 0 Å². The number of unbranched alkanes of at least 4 members (excludes halogenated alkanes) is 5. The average molecular weight is 497 g/mol. The molecule has 4 nitrogen and oxygen atoms in total. The van der Waals surface area contributed by atoms with Crippen molar-refractivity contribution in [2.75, 3.05) is 20.7 Å². The number of rotatable bonds is 18. The number of carbonyl (C=O) groups is 1. The summed E-state index contributed by atoms with van der Waals surface area (Å²) in [7, 11) is 4.24. The lowest BCUT2D eigenvalue weighted by molar-refractivity contribution is -0.920. The van der Waals surface area contributed by atoms with Crippen LogP contribution < -0.4 is 4.74 Å². The fourth-order valence-corrected chi connectivity index (χ4v) is 4.73. The zero-order valence-corrected chi connectivity index (χ0v) is 23.5. The minimum atomic E-state index is -0.200. The fourth-order valence-electron chi connectivity index (χ4n) is 4.73. The molecule has 0 N–H and O–H groups in total. The molecule has 2 aromatic rings. The average Bonchev–Trinajstić information content (AvgIpc) is 2.88. The molecular weight excluding hydrogens is 446 g/mol. The van der Waals surface area contributed by atoms with Crippen LogP contribution in [0.15, 0.2) is 54.6 Å². The van der Waals surface area contributed by atoms with Gasteiger partial charge in [-0.2, -0.15) is 0 Å². The molecule has 0 aliphatic heterocycles. The third kappa shape index (κ3) is 10.7. The molecule has 0 bridgehead atoms. The lowest BCUT2D eigenvalue weighted by Gasteiger charge is -2.36. The molecule has 2 atom stereocenters. The van der Waals surface area contributed by atoms with Gasteiger partial charge in [-0.25, -0.2) is 4.79 Å². The lowest BCUT2D eigenvalue weighted by Crippen LogP contribution is -2.53. The summed E-state index contributed by atoms with van der Waals surface area (Å²) in [5, 5.41) is 0. The third-order valence-electron chi connectivity index (χ3n) is 7.02. The first-order chi connectivity index (χ1) is 17.4. The van der Waals surface area contributed by atoms with E-state index < -0.39 is 0 Å². The first-order valence-corrected chi connectivity index (χ1v) is 14.2. The highest BCUT2D eigenvalue weighted by molar-refractivity contribution is 5.74. The molecule has 0 amide bonds. The van der Waals surface area contributed by atoms with E-state index in [9.17, 15) is 4.79 Å². The SMILES string of the molecule is CCCCCCCCc1ccc(OC(CC)COC(=O)C(CCC)[N+](C)(C)Cc2ccccc2)cc1. The Balaban J connectivity index is 1.85. The molecular formula is C32H50NO3+. The van der Waals surface area contributed by atoms with E-state index in [2.05, 4.69) is 71.3 Å². The van der Waals surface area contributed by atoms with Gasteiger partial charge in [0.1, 0.15) is 25.0 Å². The van der Waals surface area contributed by atoms with Crippen molar-refractivity contribution in [3.8, 4) is 5.75 Å². The van der Waals surface area contributed by atoms with Crippen LogP contribution in [0.2, 0.25) is 0 Å². The summed E-state index contributed by atoms with van der Waals surface area (Å²) in [4.78, 5) is 13.2. The monoisotopic (exact) mass is 496 g/mol. The zero-order chi connectivity index (χ0) is 26.2. The van der Waals surface area contributed by atoms with Gasteiger partial charge in [0.2, 0.25) is 0 Å². The number of benzene rings is 2. The number of carbonyl (C=O) groups excluding carboxylic acids is 1. The number of likely N-dealkylation sites (N-methyl/N-ethyl adjacent to an activating group) is 1. The van der Waals surface area contributed by atoms with Crippen LogP contribution >= 0.6 is 0 Å². The van der Waals surface area contributed by atoms with E-state index in [0.29, 0.717) is 4.48 Å². The highest BCUT2D eigenvalue weighted by Crippen LogP contribution is 2.21. The molecule has 2 aromatic carbocycles. The van der Waals surface area contributed by atoms with E-state index in [1.165, 1.54) is 49.7 Å². The van der Waals surface area contributed by atoms with Crippen molar-refractivity contribution in [1.82, 2.24) is 0 Å². The van der Waals surface area contributed by atoms with Crippen LogP contribution in [-0.4, -0.2) is 43.3 Å². The van der Waals surface area contributed by atoms with Gasteiger partial charge in [0.05, 0.1) is 14.1 Å². The maximum atomic E-state index is 13.2. The van der Waals surface area contributed by atoms with Crippen LogP contribution in [0.1, 0.15) is 89.7 Å². The molecule has 0 saturated carbocycles. The van der Waals surface area contributed by atoms with E-state index in [4.69, 9.17) is 9.47 Å². The van der Waals surface area contributed by atoms with Gasteiger partial charge < -0.3 is 14.0 Å². The molecule has 0 radical (unpaired) electrons. The molecule has 2 unspecified atom stereocenters. The third-order valence-corrected chi connectivity index (χ3v) is 7.02. The van der Waals surface area contributed by atoms with Gasteiger partial charge in [0.25, 0.3) is 0 Å². The highest BCUT2D eigenvalue weighted by Gasteiger charge is 2.36. The minimum absolute atomic E-state index is 0.130. The predicted molar refractivity (Wildman–Crippen MR) is 150 cm³/mol. The minimum Gasteiger partial charge on any atom is -0.487 e. The Labute approximate surface area is 220 Å². The van der Waals surface area contributed by atoms with Crippen molar-refractivity contribution in [3.63, 3.8) is 0 Å². The Bertz CT molecular complexity index is 847. The largest absolute Gasteiger partial charge is 0.487 e. The number of nitrogens with zero attached hydrogens (tertiary/aromatic N) is 1. The highest BCUT2D eigenvalue weighted by atomic mass is 16.6. The van der Waals surface area contributed by atoms with Crippen molar-refractivity contribution >= 4 is 5.97 Å². The second kappa shape index (κ2) is 16.4. The molecule has 0 saturated heterocycles. The summed E-state index contributed by atoms with van der Waals surface area (Å²) in [6.45, 7) is 7.52.